The highest BCUT2D eigenvalue weighted by molar-refractivity contribution is 6.00. The van der Waals surface area contributed by atoms with Crippen LogP contribution in [0.1, 0.15) is 48.0 Å². The molecule has 0 unspecified atom stereocenters. The highest BCUT2D eigenvalue weighted by Crippen LogP contribution is 2.29. The molecular weight excluding hydrogens is 302 g/mol. The molecule has 0 bridgehead atoms. The fraction of sp³-hybridized carbons (Fsp3) is 0.579. The minimum Gasteiger partial charge on any atom is -0.384 e. The number of likely N-dealkylation sites (tertiary alicyclic amines) is 2. The number of fused-ring (bicyclic) bond motifs is 1. The summed E-state index contributed by atoms with van der Waals surface area (Å²) in [6.07, 6.45) is 5.66. The zero-order valence-corrected chi connectivity index (χ0v) is 14.1. The summed E-state index contributed by atoms with van der Waals surface area (Å²) in [5.74, 6) is 0.425. The smallest absolute Gasteiger partial charge is 0.255 e. The maximum Gasteiger partial charge on any atom is 0.255 e. The Labute approximate surface area is 143 Å². The molecule has 5 nitrogen and oxygen atoms in total. The molecule has 1 N–H and O–H groups in total. The molecule has 1 aromatic carbocycles. The van der Waals surface area contributed by atoms with Gasteiger partial charge in [0.2, 0.25) is 5.91 Å². The van der Waals surface area contributed by atoms with E-state index in [4.69, 9.17) is 0 Å². The number of piperidine rings is 1. The van der Waals surface area contributed by atoms with E-state index in [1.54, 1.807) is 0 Å². The first-order valence-electron chi connectivity index (χ1n) is 9.18. The van der Waals surface area contributed by atoms with Crippen LogP contribution in [0.15, 0.2) is 18.2 Å². The Kier molecular flexibility index (Phi) is 4.17. The van der Waals surface area contributed by atoms with Gasteiger partial charge in [0.05, 0.1) is 11.3 Å². The monoisotopic (exact) mass is 327 g/mol. The molecule has 0 radical (unpaired) electrons. The summed E-state index contributed by atoms with van der Waals surface area (Å²) in [6, 6.07) is 6.38. The van der Waals surface area contributed by atoms with Crippen LogP contribution in [0.25, 0.3) is 0 Å². The normalized spacial score (nSPS) is 21.6. The number of aryl methyl sites for hydroxylation is 1. The van der Waals surface area contributed by atoms with E-state index in [1.165, 1.54) is 5.56 Å². The van der Waals surface area contributed by atoms with Gasteiger partial charge in [0.15, 0.2) is 0 Å². The third-order valence-corrected chi connectivity index (χ3v) is 5.61. The third kappa shape index (κ3) is 2.76. The molecule has 2 fully saturated rings. The number of nitrogens with one attached hydrogen (secondary N) is 1. The maximum absolute atomic E-state index is 13.0. The lowest BCUT2D eigenvalue weighted by molar-refractivity contribution is -0.130. The molecule has 0 saturated carbocycles. The summed E-state index contributed by atoms with van der Waals surface area (Å²) in [5, 5.41) is 3.41. The van der Waals surface area contributed by atoms with Gasteiger partial charge in [0.25, 0.3) is 5.91 Å². The first-order valence-corrected chi connectivity index (χ1v) is 9.18. The van der Waals surface area contributed by atoms with Gasteiger partial charge in [-0.3, -0.25) is 9.59 Å². The van der Waals surface area contributed by atoms with Crippen molar-refractivity contribution in [3.63, 3.8) is 0 Å². The summed E-state index contributed by atoms with van der Waals surface area (Å²) in [6.45, 7) is 3.33. The molecule has 1 aromatic rings. The van der Waals surface area contributed by atoms with Crippen LogP contribution in [0.3, 0.4) is 0 Å². The van der Waals surface area contributed by atoms with E-state index in [9.17, 15) is 9.59 Å². The van der Waals surface area contributed by atoms with Crippen molar-refractivity contribution in [2.45, 2.75) is 44.6 Å². The van der Waals surface area contributed by atoms with Crippen LogP contribution in [-0.4, -0.2) is 53.8 Å². The molecule has 3 aliphatic heterocycles. The Hall–Kier alpha value is -2.04. The lowest BCUT2D eigenvalue weighted by atomic mass is 9.97. The molecule has 0 spiro atoms. The standard InChI is InChI=1S/C19H25N3O2/c23-17-7-3-11-22(17)15-8-12-21(13-9-15)19(24)16-6-1-4-14-5-2-10-20-18(14)16/h1,4,6,15,20H,2-3,5,7-13H2. The van der Waals surface area contributed by atoms with Crippen molar-refractivity contribution in [1.82, 2.24) is 9.80 Å². The molecule has 0 aromatic heterocycles. The van der Waals surface area contributed by atoms with E-state index in [0.717, 1.165) is 69.5 Å². The fourth-order valence-corrected chi connectivity index (χ4v) is 4.29. The Balaban J connectivity index is 1.44. The van der Waals surface area contributed by atoms with Crippen molar-refractivity contribution in [1.29, 1.82) is 0 Å². The first-order chi connectivity index (χ1) is 11.7. The molecular formula is C19H25N3O2. The van der Waals surface area contributed by atoms with E-state index in [0.29, 0.717) is 18.4 Å². The second-order valence-electron chi connectivity index (χ2n) is 7.08. The molecule has 24 heavy (non-hydrogen) atoms. The van der Waals surface area contributed by atoms with Gasteiger partial charge in [-0.25, -0.2) is 0 Å². The number of nitrogens with zero attached hydrogens (tertiary/aromatic N) is 2. The Bertz CT molecular complexity index is 650. The molecule has 2 saturated heterocycles. The van der Waals surface area contributed by atoms with Gasteiger partial charge in [0, 0.05) is 38.6 Å². The number of hydrogen-bond acceptors (Lipinski definition) is 3. The Morgan fingerprint density at radius 3 is 2.67 bits per heavy atom. The number of carbonyl (C=O) groups excluding carboxylic acids is 2. The maximum atomic E-state index is 13.0. The number of anilines is 1. The van der Waals surface area contributed by atoms with Crippen LogP contribution >= 0.6 is 0 Å². The highest BCUT2D eigenvalue weighted by atomic mass is 16.2. The SMILES string of the molecule is O=C(c1cccc2c1NCCC2)N1CCC(N2CCCC2=O)CC1. The van der Waals surface area contributed by atoms with Gasteiger partial charge in [-0.15, -0.1) is 0 Å². The van der Waals surface area contributed by atoms with Crippen LogP contribution in [0.2, 0.25) is 0 Å². The van der Waals surface area contributed by atoms with E-state index >= 15 is 0 Å². The number of benzene rings is 1. The van der Waals surface area contributed by atoms with Gasteiger partial charge >= 0.3 is 0 Å². The second-order valence-corrected chi connectivity index (χ2v) is 7.08. The topological polar surface area (TPSA) is 52.7 Å². The third-order valence-electron chi connectivity index (χ3n) is 5.61. The average molecular weight is 327 g/mol. The van der Waals surface area contributed by atoms with Crippen molar-refractivity contribution in [2.24, 2.45) is 0 Å². The quantitative estimate of drug-likeness (QED) is 0.906. The van der Waals surface area contributed by atoms with Crippen LogP contribution in [0.5, 0.6) is 0 Å². The summed E-state index contributed by atoms with van der Waals surface area (Å²) >= 11 is 0. The average Bonchev–Trinajstić information content (AvgIpc) is 3.07. The van der Waals surface area contributed by atoms with Gasteiger partial charge in [-0.2, -0.15) is 0 Å². The summed E-state index contributed by atoms with van der Waals surface area (Å²) in [4.78, 5) is 28.9. The largest absolute Gasteiger partial charge is 0.384 e. The van der Waals surface area contributed by atoms with Gasteiger partial charge in [0.1, 0.15) is 0 Å². The van der Waals surface area contributed by atoms with E-state index in [2.05, 4.69) is 11.4 Å². The van der Waals surface area contributed by atoms with Crippen molar-refractivity contribution in [2.75, 3.05) is 31.5 Å². The summed E-state index contributed by atoms with van der Waals surface area (Å²) < 4.78 is 0. The van der Waals surface area contributed by atoms with Crippen LogP contribution < -0.4 is 5.32 Å². The second kappa shape index (κ2) is 6.46. The zero-order chi connectivity index (χ0) is 16.5. The molecule has 3 aliphatic rings. The molecule has 0 aliphatic carbocycles. The van der Waals surface area contributed by atoms with E-state index < -0.39 is 0 Å². The zero-order valence-electron chi connectivity index (χ0n) is 14.1. The molecule has 3 heterocycles. The molecule has 4 rings (SSSR count). The number of carbonyl (C=O) groups is 2. The van der Waals surface area contributed by atoms with Crippen molar-refractivity contribution in [3.05, 3.63) is 29.3 Å². The summed E-state index contributed by atoms with van der Waals surface area (Å²) in [7, 11) is 0. The number of rotatable bonds is 2. The fourth-order valence-electron chi connectivity index (χ4n) is 4.29. The minimum absolute atomic E-state index is 0.132. The summed E-state index contributed by atoms with van der Waals surface area (Å²) in [5.41, 5.74) is 3.10. The van der Waals surface area contributed by atoms with E-state index in [-0.39, 0.29) is 5.91 Å². The first kappa shape index (κ1) is 15.5. The predicted molar refractivity (Wildman–Crippen MR) is 93.1 cm³/mol. The lowest BCUT2D eigenvalue weighted by Crippen LogP contribution is -2.47. The Morgan fingerprint density at radius 2 is 1.92 bits per heavy atom. The van der Waals surface area contributed by atoms with E-state index in [1.807, 2.05) is 21.9 Å². The number of hydrogen-bond donors (Lipinski definition) is 1. The molecule has 0 atom stereocenters. The van der Waals surface area contributed by atoms with Gasteiger partial charge in [-0.1, -0.05) is 12.1 Å². The van der Waals surface area contributed by atoms with Gasteiger partial charge < -0.3 is 15.1 Å². The predicted octanol–water partition coefficient (Wildman–Crippen LogP) is 2.27. The Morgan fingerprint density at radius 1 is 1.08 bits per heavy atom. The van der Waals surface area contributed by atoms with Crippen LogP contribution in [0, 0.1) is 0 Å². The van der Waals surface area contributed by atoms with Crippen LogP contribution in [0.4, 0.5) is 5.69 Å². The molecule has 2 amide bonds. The van der Waals surface area contributed by atoms with Crippen LogP contribution in [-0.2, 0) is 11.2 Å². The lowest BCUT2D eigenvalue weighted by Gasteiger charge is -2.37. The highest BCUT2D eigenvalue weighted by Gasteiger charge is 2.32. The molecule has 5 heteroatoms. The van der Waals surface area contributed by atoms with Crippen molar-refractivity contribution < 1.29 is 9.59 Å². The minimum atomic E-state index is 0.132. The van der Waals surface area contributed by atoms with Crippen molar-refractivity contribution in [3.8, 4) is 0 Å². The number of para-hydroxylation sites is 1. The van der Waals surface area contributed by atoms with Gasteiger partial charge in [-0.05, 0) is 43.7 Å². The molecule has 128 valence electrons. The van der Waals surface area contributed by atoms with Crippen molar-refractivity contribution >= 4 is 17.5 Å². The number of amides is 2.